The fraction of sp³-hybridized carbons (Fsp3) is 0.689. The highest BCUT2D eigenvalue weighted by atomic mass is 31.2. The van der Waals surface area contributed by atoms with Crippen molar-refractivity contribution >= 4 is 19.8 Å². The molecular weight excluding hydrogens is 1250 g/mol. The van der Waals surface area contributed by atoms with Gasteiger partial charge in [-0.05, 0) is 128 Å². The van der Waals surface area contributed by atoms with Gasteiger partial charge in [0.1, 0.15) is 19.8 Å². The van der Waals surface area contributed by atoms with E-state index in [0.717, 1.165) is 128 Å². The van der Waals surface area contributed by atoms with E-state index in [-0.39, 0.29) is 32.0 Å². The molecule has 572 valence electrons. The van der Waals surface area contributed by atoms with Gasteiger partial charge in [-0.2, -0.15) is 0 Å². The van der Waals surface area contributed by atoms with E-state index in [9.17, 15) is 19.0 Å². The third-order valence-corrected chi connectivity index (χ3v) is 18.5. The van der Waals surface area contributed by atoms with Crippen LogP contribution in [0.5, 0.6) is 0 Å². The molecule has 0 fully saturated rings. The van der Waals surface area contributed by atoms with Crippen molar-refractivity contribution in [3.8, 4) is 0 Å². The summed E-state index contributed by atoms with van der Waals surface area (Å²) in [5.74, 6) is -0.853. The Balaban J connectivity index is 4.04. The fourth-order valence-electron chi connectivity index (χ4n) is 11.3. The summed E-state index contributed by atoms with van der Waals surface area (Å²) in [5, 5.41) is 0. The Labute approximate surface area is 617 Å². The van der Waals surface area contributed by atoms with Crippen LogP contribution in [0.15, 0.2) is 158 Å². The molecule has 0 aromatic carbocycles. The summed E-state index contributed by atoms with van der Waals surface area (Å²) in [4.78, 5) is 38.2. The molecule has 0 aromatic heterocycles. The van der Waals surface area contributed by atoms with Gasteiger partial charge >= 0.3 is 11.9 Å². The second-order valence-corrected chi connectivity index (χ2v) is 29.8. The highest BCUT2D eigenvalue weighted by Crippen LogP contribution is 2.38. The van der Waals surface area contributed by atoms with E-state index >= 15 is 0 Å². The standard InChI is InChI=1S/C90H154NO8P/c1-6-8-10-12-14-16-18-20-22-24-26-28-30-32-34-36-38-40-42-44-45-47-49-51-53-55-57-59-61-63-65-67-69-71-73-75-77-79-81-83-90(93)99-88(87-98-100(94,95)97-85-84-91(3,4)5)86-96-89(92)82-80-78-76-74-72-70-68-66-64-62-60-58-56-54-52-50-48-46-43-41-39-37-35-33-31-29-27-25-23-21-19-17-15-13-11-9-7-2/h8,10,14,16,19-22,25-28,32,34,38,40,44-45,49,51,55,57,61,63,67,69,88H,6-7,9,11-13,15,17-18,23-24,29-31,33,35-37,39,41-43,46-48,50,52-54,56,58-60,62,64-66,68,70-87H2,1-5H3/b10-8-,16-14-,21-19-,22-20-,27-25-,28-26-,34-32-,40-38-,45-44-,51-49-,57-55-,63-61-,69-67-. The van der Waals surface area contributed by atoms with Crippen LogP contribution in [0, 0.1) is 0 Å². The number of hydrogen-bond donors (Lipinski definition) is 0. The zero-order valence-electron chi connectivity index (χ0n) is 65.3. The molecule has 0 radical (unpaired) electrons. The van der Waals surface area contributed by atoms with E-state index in [1.165, 1.54) is 186 Å². The van der Waals surface area contributed by atoms with Crippen LogP contribution in [0.25, 0.3) is 0 Å². The van der Waals surface area contributed by atoms with Gasteiger partial charge < -0.3 is 27.9 Å². The lowest BCUT2D eigenvalue weighted by atomic mass is 10.0. The summed E-state index contributed by atoms with van der Waals surface area (Å²) in [6, 6.07) is 0. The van der Waals surface area contributed by atoms with Gasteiger partial charge in [0.2, 0.25) is 0 Å². The lowest BCUT2D eigenvalue weighted by Gasteiger charge is -2.28. The molecule has 2 atom stereocenters. The Kier molecular flexibility index (Phi) is 75.3. The molecule has 0 heterocycles. The molecule has 0 amide bonds. The Morgan fingerprint density at radius 1 is 0.320 bits per heavy atom. The van der Waals surface area contributed by atoms with Crippen LogP contribution >= 0.6 is 7.82 Å². The molecule has 0 saturated heterocycles. The Hall–Kier alpha value is -4.37. The third-order valence-electron chi connectivity index (χ3n) is 17.5. The van der Waals surface area contributed by atoms with Crippen LogP contribution < -0.4 is 4.89 Å². The lowest BCUT2D eigenvalue weighted by Crippen LogP contribution is -2.37. The van der Waals surface area contributed by atoms with Gasteiger partial charge in [-0.3, -0.25) is 14.2 Å². The number of phosphoric acid groups is 1. The van der Waals surface area contributed by atoms with Crippen molar-refractivity contribution in [3.05, 3.63) is 158 Å². The SMILES string of the molecule is CC/C=C\C/C=C\C/C=C\C/C=C\C/C=C\C/C=C\C/C=C\C/C=C\C/C=C\C/C=C\C/C=C\CCCCCCCC(=O)OC(COC(=O)CCCCCCCCCCCCCCCCCCCCCCCCCCC/C=C\C/C=C\CCCCCCC)COP(=O)([O-])OCC[N+](C)(C)C. The van der Waals surface area contributed by atoms with Crippen LogP contribution in [0.1, 0.15) is 348 Å². The average molecular weight is 1410 g/mol. The number of hydrogen-bond acceptors (Lipinski definition) is 8. The number of allylic oxidation sites excluding steroid dienone is 26. The van der Waals surface area contributed by atoms with Crippen molar-refractivity contribution < 1.29 is 42.1 Å². The molecular formula is C90H154NO8P. The molecule has 100 heavy (non-hydrogen) atoms. The van der Waals surface area contributed by atoms with Crippen molar-refractivity contribution in [2.75, 3.05) is 47.5 Å². The van der Waals surface area contributed by atoms with Crippen LogP contribution in [-0.2, 0) is 32.7 Å². The summed E-state index contributed by atoms with van der Waals surface area (Å²) < 4.78 is 34.4. The molecule has 0 aromatic rings. The molecule has 0 N–H and O–H groups in total. The Bertz CT molecular complexity index is 2250. The van der Waals surface area contributed by atoms with E-state index < -0.39 is 26.5 Å². The maximum atomic E-state index is 12.9. The zero-order chi connectivity index (χ0) is 72.5. The second-order valence-electron chi connectivity index (χ2n) is 28.4. The number of carbonyl (C=O) groups excluding carboxylic acids is 2. The average Bonchev–Trinajstić information content (AvgIpc) is 1.07. The van der Waals surface area contributed by atoms with Gasteiger partial charge in [-0.25, -0.2) is 0 Å². The molecule has 0 saturated carbocycles. The number of phosphoric ester groups is 1. The summed E-state index contributed by atoms with van der Waals surface area (Å²) >= 11 is 0. The van der Waals surface area contributed by atoms with Gasteiger partial charge in [0.15, 0.2) is 6.10 Å². The first-order valence-electron chi connectivity index (χ1n) is 41.2. The molecule has 2 unspecified atom stereocenters. The zero-order valence-corrected chi connectivity index (χ0v) is 66.2. The topological polar surface area (TPSA) is 111 Å². The van der Waals surface area contributed by atoms with Crippen molar-refractivity contribution in [3.63, 3.8) is 0 Å². The van der Waals surface area contributed by atoms with Crippen molar-refractivity contribution in [2.24, 2.45) is 0 Å². The number of ether oxygens (including phenoxy) is 2. The minimum Gasteiger partial charge on any atom is -0.756 e. The third kappa shape index (κ3) is 82.6. The molecule has 0 bridgehead atoms. The van der Waals surface area contributed by atoms with Crippen molar-refractivity contribution in [1.29, 1.82) is 0 Å². The summed E-state index contributed by atoms with van der Waals surface area (Å²) in [6.45, 7) is 4.11. The van der Waals surface area contributed by atoms with E-state index in [1.54, 1.807) is 0 Å². The number of carbonyl (C=O) groups is 2. The van der Waals surface area contributed by atoms with Gasteiger partial charge in [-0.1, -0.05) is 364 Å². The lowest BCUT2D eigenvalue weighted by molar-refractivity contribution is -0.870. The number of nitrogens with zero attached hydrogens (tertiary/aromatic N) is 1. The molecule has 9 nitrogen and oxygen atoms in total. The summed E-state index contributed by atoms with van der Waals surface area (Å²) in [6.07, 6.45) is 118. The highest BCUT2D eigenvalue weighted by molar-refractivity contribution is 7.45. The minimum atomic E-state index is -4.66. The largest absolute Gasteiger partial charge is 0.756 e. The summed E-state index contributed by atoms with van der Waals surface area (Å²) in [7, 11) is 1.14. The number of esters is 2. The molecule has 0 spiro atoms. The first-order chi connectivity index (χ1) is 49.0. The highest BCUT2D eigenvalue weighted by Gasteiger charge is 2.22. The number of unbranched alkanes of at least 4 members (excludes halogenated alkanes) is 35. The van der Waals surface area contributed by atoms with Crippen molar-refractivity contribution in [1.82, 2.24) is 0 Å². The second kappa shape index (κ2) is 78.8. The molecule has 0 aliphatic carbocycles. The monoisotopic (exact) mass is 1410 g/mol. The van der Waals surface area contributed by atoms with Crippen LogP contribution in [0.3, 0.4) is 0 Å². The smallest absolute Gasteiger partial charge is 0.306 e. The van der Waals surface area contributed by atoms with E-state index in [0.29, 0.717) is 17.4 Å². The number of likely N-dealkylation sites (N-methyl/N-ethyl adjacent to an activating group) is 1. The predicted molar refractivity (Wildman–Crippen MR) is 434 cm³/mol. The summed E-state index contributed by atoms with van der Waals surface area (Å²) in [5.41, 5.74) is 0. The molecule has 0 aliphatic heterocycles. The number of rotatable bonds is 75. The minimum absolute atomic E-state index is 0.0411. The van der Waals surface area contributed by atoms with Gasteiger partial charge in [0.05, 0.1) is 27.7 Å². The Morgan fingerprint density at radius 2 is 0.570 bits per heavy atom. The van der Waals surface area contributed by atoms with Crippen molar-refractivity contribution in [2.45, 2.75) is 354 Å². The van der Waals surface area contributed by atoms with Crippen LogP contribution in [-0.4, -0.2) is 70.0 Å². The van der Waals surface area contributed by atoms with E-state index in [4.69, 9.17) is 18.5 Å². The maximum Gasteiger partial charge on any atom is 0.306 e. The van der Waals surface area contributed by atoms with Crippen LogP contribution in [0.2, 0.25) is 0 Å². The fourth-order valence-corrected chi connectivity index (χ4v) is 12.0. The molecule has 0 rings (SSSR count). The number of quaternary nitrogens is 1. The van der Waals surface area contributed by atoms with Crippen LogP contribution in [0.4, 0.5) is 0 Å². The maximum absolute atomic E-state index is 12.9. The molecule has 0 aliphatic rings. The van der Waals surface area contributed by atoms with Gasteiger partial charge in [-0.15, -0.1) is 0 Å². The normalized spacial score (nSPS) is 13.9. The predicted octanol–water partition coefficient (Wildman–Crippen LogP) is 27.2. The molecule has 10 heteroatoms. The van der Waals surface area contributed by atoms with E-state index in [2.05, 4.69) is 172 Å². The van der Waals surface area contributed by atoms with Gasteiger partial charge in [0.25, 0.3) is 7.82 Å². The quantitative estimate of drug-likeness (QED) is 0.0195. The first-order valence-corrected chi connectivity index (χ1v) is 42.7. The van der Waals surface area contributed by atoms with E-state index in [1.807, 2.05) is 21.1 Å². The Morgan fingerprint density at radius 3 is 0.850 bits per heavy atom. The van der Waals surface area contributed by atoms with Gasteiger partial charge in [0, 0.05) is 12.8 Å². The first kappa shape index (κ1) is 95.6.